The van der Waals surface area contributed by atoms with Crippen molar-refractivity contribution in [2.24, 2.45) is 5.92 Å². The second kappa shape index (κ2) is 16.7. The van der Waals surface area contributed by atoms with Crippen molar-refractivity contribution in [3.05, 3.63) is 71.2 Å². The molecule has 2 aliphatic heterocycles. The molecule has 3 unspecified atom stereocenters. The molecule has 42 heavy (non-hydrogen) atoms. The molecule has 6 nitrogen and oxygen atoms in total. The second-order valence-electron chi connectivity index (χ2n) is 12.2. The van der Waals surface area contributed by atoms with Gasteiger partial charge in [-0.15, -0.1) is 0 Å². The lowest BCUT2D eigenvalue weighted by Gasteiger charge is -2.26. The van der Waals surface area contributed by atoms with Crippen molar-refractivity contribution in [3.8, 4) is 5.75 Å². The number of fused-ring (bicyclic) bond motifs is 1. The monoisotopic (exact) mass is 575 g/mol. The molecule has 1 aromatic carbocycles. The van der Waals surface area contributed by atoms with Crippen molar-refractivity contribution >= 4 is 5.91 Å². The topological polar surface area (TPSA) is 54.9 Å². The fourth-order valence-corrected chi connectivity index (χ4v) is 6.29. The van der Waals surface area contributed by atoms with Gasteiger partial charge in [0, 0.05) is 63.7 Å². The molecule has 4 rings (SSSR count). The summed E-state index contributed by atoms with van der Waals surface area (Å²) in [6, 6.07) is 10.8. The van der Waals surface area contributed by atoms with Gasteiger partial charge in [-0.25, -0.2) is 0 Å². The van der Waals surface area contributed by atoms with Crippen molar-refractivity contribution < 1.29 is 14.3 Å². The Labute approximate surface area is 254 Å². The average molecular weight is 576 g/mol. The molecule has 1 fully saturated rings. The molecular formula is C36H53N3O3. The molecular weight excluding hydrogens is 522 g/mol. The van der Waals surface area contributed by atoms with Gasteiger partial charge in [0.25, 0.3) is 0 Å². The van der Waals surface area contributed by atoms with Crippen LogP contribution in [0.15, 0.2) is 54.5 Å². The highest BCUT2D eigenvalue weighted by atomic mass is 16.5. The zero-order chi connectivity index (χ0) is 29.7. The van der Waals surface area contributed by atoms with Crippen molar-refractivity contribution in [2.45, 2.75) is 104 Å². The van der Waals surface area contributed by atoms with Gasteiger partial charge in [-0.05, 0) is 72.8 Å². The van der Waals surface area contributed by atoms with Gasteiger partial charge >= 0.3 is 0 Å². The average Bonchev–Trinajstić information content (AvgIpc) is 3.66. The third-order valence-electron chi connectivity index (χ3n) is 8.89. The Bertz CT molecular complexity index is 1130. The number of unbranched alkanes of at least 4 members (excludes halogenated alkanes) is 1. The summed E-state index contributed by atoms with van der Waals surface area (Å²) in [6.45, 7) is 13.7. The number of ether oxygens (including phenoxy) is 2. The largest absolute Gasteiger partial charge is 0.493 e. The lowest BCUT2D eigenvalue weighted by Crippen LogP contribution is -2.34. The van der Waals surface area contributed by atoms with Crippen molar-refractivity contribution in [2.75, 3.05) is 32.8 Å². The molecule has 6 heteroatoms. The number of allylic oxidation sites excluding steroid dienone is 1. The maximum absolute atomic E-state index is 13.6. The van der Waals surface area contributed by atoms with Crippen LogP contribution in [-0.2, 0) is 22.5 Å². The zero-order valence-corrected chi connectivity index (χ0v) is 26.5. The fourth-order valence-electron chi connectivity index (χ4n) is 6.29. The summed E-state index contributed by atoms with van der Waals surface area (Å²) in [5.74, 6) is 2.23. The maximum atomic E-state index is 13.6. The molecule has 1 aromatic heterocycles. The number of carbonyl (C=O) groups is 1. The highest BCUT2D eigenvalue weighted by Gasteiger charge is 2.32. The smallest absolute Gasteiger partial charge is 0.224 e. The molecule has 1 saturated heterocycles. The van der Waals surface area contributed by atoms with Crippen LogP contribution in [0.3, 0.4) is 0 Å². The summed E-state index contributed by atoms with van der Waals surface area (Å²) in [4.78, 5) is 22.4. The third-order valence-corrected chi connectivity index (χ3v) is 8.89. The van der Waals surface area contributed by atoms with E-state index in [0.29, 0.717) is 24.8 Å². The van der Waals surface area contributed by atoms with Crippen LogP contribution < -0.4 is 4.74 Å². The first-order valence-electron chi connectivity index (χ1n) is 16.5. The number of likely N-dealkylation sites (tertiary alicyclic amines) is 1. The van der Waals surface area contributed by atoms with E-state index in [-0.39, 0.29) is 12.0 Å². The number of nitrogens with zero attached hydrogens (tertiary/aromatic N) is 3. The Hall–Kier alpha value is -2.86. The lowest BCUT2D eigenvalue weighted by atomic mass is 9.85. The fraction of sp³-hybridized carbons (Fsp3) is 0.611. The van der Waals surface area contributed by atoms with Gasteiger partial charge in [0.1, 0.15) is 5.75 Å². The molecule has 0 spiro atoms. The van der Waals surface area contributed by atoms with Crippen molar-refractivity contribution in [1.29, 1.82) is 0 Å². The highest BCUT2D eigenvalue weighted by molar-refractivity contribution is 5.76. The molecule has 3 atom stereocenters. The number of pyridine rings is 1. The molecule has 0 aliphatic carbocycles. The molecule has 230 valence electrons. The molecule has 2 aromatic rings. The van der Waals surface area contributed by atoms with Gasteiger partial charge in [0.15, 0.2) is 0 Å². The van der Waals surface area contributed by atoms with Crippen LogP contribution in [0.2, 0.25) is 0 Å². The van der Waals surface area contributed by atoms with E-state index in [1.807, 2.05) is 17.2 Å². The summed E-state index contributed by atoms with van der Waals surface area (Å²) < 4.78 is 12.0. The molecule has 0 bridgehead atoms. The minimum Gasteiger partial charge on any atom is -0.493 e. The first-order valence-corrected chi connectivity index (χ1v) is 16.5. The van der Waals surface area contributed by atoms with Gasteiger partial charge in [-0.3, -0.25) is 9.78 Å². The number of hydrogen-bond acceptors (Lipinski definition) is 5. The number of carbonyl (C=O) groups excluding carboxylic acids is 1. The van der Waals surface area contributed by atoms with Gasteiger partial charge in [-0.2, -0.15) is 0 Å². The normalized spacial score (nSPS) is 18.6. The minimum absolute atomic E-state index is 0.233. The molecule has 0 saturated carbocycles. The van der Waals surface area contributed by atoms with Crippen LogP contribution in [0.25, 0.3) is 0 Å². The summed E-state index contributed by atoms with van der Waals surface area (Å²) in [5, 5.41) is 0. The standard InChI is InChI=1S/C36H53N3O3/c1-5-8-19-39(26-29-11-9-18-37-25-29)36(40)16-20-38-27-32(24-33(38)13-14-34(10-6-2)41-21-7-3)28(4)30-12-15-35-31(23-30)17-22-42-35/h9,11-13,15,18,23,25,28,32,34H,5-8,10,14,16-17,19-22,24,26-27H2,1-4H3/b33-13+. The lowest BCUT2D eigenvalue weighted by molar-refractivity contribution is -0.132. The quantitative estimate of drug-likeness (QED) is 0.195. The van der Waals surface area contributed by atoms with E-state index in [0.717, 1.165) is 95.5 Å². The summed E-state index contributed by atoms with van der Waals surface area (Å²) >= 11 is 0. The van der Waals surface area contributed by atoms with Gasteiger partial charge in [0.2, 0.25) is 5.91 Å². The van der Waals surface area contributed by atoms with E-state index in [1.165, 1.54) is 16.8 Å². The van der Waals surface area contributed by atoms with E-state index in [4.69, 9.17) is 9.47 Å². The van der Waals surface area contributed by atoms with Crippen LogP contribution in [-0.4, -0.2) is 59.6 Å². The van der Waals surface area contributed by atoms with E-state index in [2.05, 4.69) is 67.9 Å². The first-order chi connectivity index (χ1) is 20.5. The first kappa shape index (κ1) is 32.1. The predicted molar refractivity (Wildman–Crippen MR) is 171 cm³/mol. The molecule has 1 amide bonds. The number of benzene rings is 1. The summed E-state index contributed by atoms with van der Waals surface area (Å²) in [5.41, 5.74) is 5.22. The summed E-state index contributed by atoms with van der Waals surface area (Å²) in [6.07, 6.45) is 15.2. The molecule has 3 heterocycles. The Morgan fingerprint density at radius 1 is 1.21 bits per heavy atom. The number of aromatic nitrogens is 1. The highest BCUT2D eigenvalue weighted by Crippen LogP contribution is 2.39. The third kappa shape index (κ3) is 9.07. The predicted octanol–water partition coefficient (Wildman–Crippen LogP) is 7.53. The van der Waals surface area contributed by atoms with Crippen LogP contribution in [0.4, 0.5) is 0 Å². The van der Waals surface area contributed by atoms with Crippen LogP contribution in [0, 0.1) is 5.92 Å². The second-order valence-corrected chi connectivity index (χ2v) is 12.2. The van der Waals surface area contributed by atoms with Gasteiger partial charge in [0.05, 0.1) is 12.7 Å². The Kier molecular flexibility index (Phi) is 12.7. The summed E-state index contributed by atoms with van der Waals surface area (Å²) in [7, 11) is 0. The maximum Gasteiger partial charge on any atom is 0.224 e. The molecule has 0 radical (unpaired) electrons. The number of amides is 1. The van der Waals surface area contributed by atoms with E-state index in [1.54, 1.807) is 6.20 Å². The van der Waals surface area contributed by atoms with E-state index in [9.17, 15) is 4.79 Å². The van der Waals surface area contributed by atoms with Gasteiger partial charge < -0.3 is 19.3 Å². The SMILES string of the molecule is CCCCN(Cc1cccnc1)C(=O)CCN1CC(C(C)c2ccc3c(c2)CCO3)C/C1=C\CC(CCC)OCCC. The van der Waals surface area contributed by atoms with Crippen molar-refractivity contribution in [3.63, 3.8) is 0 Å². The number of hydrogen-bond donors (Lipinski definition) is 0. The molecule has 0 N–H and O–H groups in total. The minimum atomic E-state index is 0.233. The van der Waals surface area contributed by atoms with Crippen LogP contribution in [0.5, 0.6) is 5.75 Å². The van der Waals surface area contributed by atoms with E-state index < -0.39 is 0 Å². The number of rotatable bonds is 17. The zero-order valence-electron chi connectivity index (χ0n) is 26.5. The van der Waals surface area contributed by atoms with Gasteiger partial charge in [-0.1, -0.05) is 64.8 Å². The Morgan fingerprint density at radius 3 is 2.86 bits per heavy atom. The van der Waals surface area contributed by atoms with Crippen molar-refractivity contribution in [1.82, 2.24) is 14.8 Å². The Balaban J connectivity index is 1.46. The van der Waals surface area contributed by atoms with E-state index >= 15 is 0 Å². The Morgan fingerprint density at radius 2 is 2.10 bits per heavy atom. The van der Waals surface area contributed by atoms with Crippen LogP contribution >= 0.6 is 0 Å². The molecule has 2 aliphatic rings. The van der Waals surface area contributed by atoms with Crippen LogP contribution in [0.1, 0.15) is 102 Å².